The van der Waals surface area contributed by atoms with E-state index in [0.717, 1.165) is 17.4 Å². The van der Waals surface area contributed by atoms with Crippen molar-refractivity contribution in [2.24, 2.45) is 0 Å². The van der Waals surface area contributed by atoms with Gasteiger partial charge in [0.2, 0.25) is 0 Å². The predicted octanol–water partition coefficient (Wildman–Crippen LogP) is 3.01. The Hall–Kier alpha value is -3.19. The number of nitrogens with two attached hydrogens (primary N) is 1. The van der Waals surface area contributed by atoms with Gasteiger partial charge in [-0.25, -0.2) is 8.42 Å². The van der Waals surface area contributed by atoms with Crippen molar-refractivity contribution in [1.29, 1.82) is 0 Å². The first-order valence-electron chi connectivity index (χ1n) is 8.16. The number of pyridine rings is 1. The van der Waals surface area contributed by atoms with Crippen LogP contribution in [0.4, 0.5) is 11.4 Å². The summed E-state index contributed by atoms with van der Waals surface area (Å²) < 4.78 is 23.8. The van der Waals surface area contributed by atoms with Crippen LogP contribution < -0.4 is 10.6 Å². The molecule has 0 saturated heterocycles. The van der Waals surface area contributed by atoms with Gasteiger partial charge < -0.3 is 10.6 Å². The summed E-state index contributed by atoms with van der Waals surface area (Å²) in [6.07, 6.45) is 4.41. The maximum atomic E-state index is 13.2. The third-order valence-corrected chi connectivity index (χ3v) is 5.41. The minimum atomic E-state index is -3.50. The van der Waals surface area contributed by atoms with Crippen LogP contribution in [0.5, 0.6) is 0 Å². The predicted molar refractivity (Wildman–Crippen MR) is 106 cm³/mol. The Labute approximate surface area is 158 Å². The molecule has 1 heterocycles. The SMILES string of the molecule is CN(C(=O)c1ccccc1-c1ccncc1)c1cccc(S(C)(=O)=O)c1N. The second-order valence-electron chi connectivity index (χ2n) is 6.11. The van der Waals surface area contributed by atoms with Crippen molar-refractivity contribution in [3.8, 4) is 11.1 Å². The molecule has 0 aliphatic carbocycles. The van der Waals surface area contributed by atoms with Crippen molar-refractivity contribution in [2.75, 3.05) is 23.9 Å². The van der Waals surface area contributed by atoms with E-state index in [0.29, 0.717) is 11.3 Å². The quantitative estimate of drug-likeness (QED) is 0.701. The fourth-order valence-electron chi connectivity index (χ4n) is 2.89. The summed E-state index contributed by atoms with van der Waals surface area (Å²) in [6, 6.07) is 15.5. The Bertz CT molecular complexity index is 1100. The van der Waals surface area contributed by atoms with Crippen LogP contribution in [0.1, 0.15) is 10.4 Å². The second kappa shape index (κ2) is 7.20. The van der Waals surface area contributed by atoms with E-state index in [-0.39, 0.29) is 16.5 Å². The maximum Gasteiger partial charge on any atom is 0.258 e. The lowest BCUT2D eigenvalue weighted by Gasteiger charge is -2.22. The number of rotatable bonds is 4. The van der Waals surface area contributed by atoms with Gasteiger partial charge in [-0.1, -0.05) is 24.3 Å². The summed E-state index contributed by atoms with van der Waals surface area (Å²) in [7, 11) is -1.93. The summed E-state index contributed by atoms with van der Waals surface area (Å²) in [5.41, 5.74) is 8.55. The van der Waals surface area contributed by atoms with Gasteiger partial charge in [-0.15, -0.1) is 0 Å². The van der Waals surface area contributed by atoms with E-state index in [1.54, 1.807) is 43.7 Å². The molecule has 6 nitrogen and oxygen atoms in total. The Morgan fingerprint density at radius 3 is 2.33 bits per heavy atom. The fourth-order valence-corrected chi connectivity index (χ4v) is 3.72. The van der Waals surface area contributed by atoms with Gasteiger partial charge in [-0.05, 0) is 41.5 Å². The number of carbonyl (C=O) groups is 1. The third kappa shape index (κ3) is 3.68. The number of amides is 1. The number of aromatic nitrogens is 1. The molecular weight excluding hydrogens is 362 g/mol. The molecule has 0 aliphatic rings. The van der Waals surface area contributed by atoms with Crippen LogP contribution in [0.2, 0.25) is 0 Å². The molecule has 7 heteroatoms. The van der Waals surface area contributed by atoms with Gasteiger partial charge in [-0.2, -0.15) is 0 Å². The van der Waals surface area contributed by atoms with Gasteiger partial charge in [0.1, 0.15) is 0 Å². The highest BCUT2D eigenvalue weighted by molar-refractivity contribution is 7.90. The highest BCUT2D eigenvalue weighted by Crippen LogP contribution is 2.31. The highest BCUT2D eigenvalue weighted by atomic mass is 32.2. The average Bonchev–Trinajstić information content (AvgIpc) is 2.67. The second-order valence-corrected chi connectivity index (χ2v) is 8.09. The smallest absolute Gasteiger partial charge is 0.258 e. The van der Waals surface area contributed by atoms with Gasteiger partial charge in [0, 0.05) is 31.3 Å². The number of para-hydroxylation sites is 1. The molecule has 2 aromatic carbocycles. The van der Waals surface area contributed by atoms with Crippen molar-refractivity contribution < 1.29 is 13.2 Å². The van der Waals surface area contributed by atoms with Gasteiger partial charge >= 0.3 is 0 Å². The first-order chi connectivity index (χ1) is 12.8. The molecular formula is C20H19N3O3S. The van der Waals surface area contributed by atoms with E-state index in [1.165, 1.54) is 11.0 Å². The first kappa shape index (κ1) is 18.6. The van der Waals surface area contributed by atoms with Crippen molar-refractivity contribution in [1.82, 2.24) is 4.98 Å². The van der Waals surface area contributed by atoms with E-state index in [4.69, 9.17) is 5.73 Å². The van der Waals surface area contributed by atoms with Crippen molar-refractivity contribution in [3.63, 3.8) is 0 Å². The molecule has 1 aromatic heterocycles. The topological polar surface area (TPSA) is 93.4 Å². The fraction of sp³-hybridized carbons (Fsp3) is 0.100. The molecule has 0 spiro atoms. The number of carbonyl (C=O) groups excluding carboxylic acids is 1. The average molecular weight is 381 g/mol. The summed E-state index contributed by atoms with van der Waals surface area (Å²) in [5, 5.41) is 0. The maximum absolute atomic E-state index is 13.2. The molecule has 3 rings (SSSR count). The minimum absolute atomic E-state index is 0.00192. The van der Waals surface area contributed by atoms with E-state index in [1.807, 2.05) is 24.3 Å². The Morgan fingerprint density at radius 2 is 1.67 bits per heavy atom. The van der Waals surface area contributed by atoms with Crippen molar-refractivity contribution in [3.05, 3.63) is 72.6 Å². The lowest BCUT2D eigenvalue weighted by atomic mass is 9.99. The van der Waals surface area contributed by atoms with Crippen molar-refractivity contribution in [2.45, 2.75) is 4.90 Å². The summed E-state index contributed by atoms with van der Waals surface area (Å²) in [4.78, 5) is 18.5. The monoisotopic (exact) mass is 381 g/mol. The number of hydrogen-bond donors (Lipinski definition) is 1. The highest BCUT2D eigenvalue weighted by Gasteiger charge is 2.22. The first-order valence-corrected chi connectivity index (χ1v) is 10.1. The standard InChI is InChI=1S/C20H19N3O3S/c1-23(17-8-5-9-18(19(17)21)27(2,25)26)20(24)16-7-4-3-6-15(16)14-10-12-22-13-11-14/h3-13H,21H2,1-2H3. The van der Waals surface area contributed by atoms with Crippen LogP contribution in [-0.4, -0.2) is 32.6 Å². The molecule has 0 aliphatic heterocycles. The van der Waals surface area contributed by atoms with Crippen LogP contribution in [0.15, 0.2) is 71.9 Å². The largest absolute Gasteiger partial charge is 0.396 e. The van der Waals surface area contributed by atoms with Crippen molar-refractivity contribution >= 4 is 27.1 Å². The van der Waals surface area contributed by atoms with E-state index in [2.05, 4.69) is 4.98 Å². The van der Waals surface area contributed by atoms with Gasteiger partial charge in [0.15, 0.2) is 9.84 Å². The molecule has 0 fully saturated rings. The van der Waals surface area contributed by atoms with Gasteiger partial charge in [0.05, 0.1) is 16.3 Å². The molecule has 0 saturated carbocycles. The number of hydrogen-bond acceptors (Lipinski definition) is 5. The lowest BCUT2D eigenvalue weighted by Crippen LogP contribution is -2.28. The Balaban J connectivity index is 2.06. The number of sulfone groups is 1. The Kier molecular flexibility index (Phi) is 4.96. The zero-order valence-electron chi connectivity index (χ0n) is 15.0. The van der Waals surface area contributed by atoms with Crippen LogP contribution in [-0.2, 0) is 9.84 Å². The number of nitrogens with zero attached hydrogens (tertiary/aromatic N) is 2. The zero-order chi connectivity index (χ0) is 19.6. The molecule has 2 N–H and O–H groups in total. The Morgan fingerprint density at radius 1 is 1.00 bits per heavy atom. The van der Waals surface area contributed by atoms with Crippen LogP contribution >= 0.6 is 0 Å². The lowest BCUT2D eigenvalue weighted by molar-refractivity contribution is 0.0993. The van der Waals surface area contributed by atoms with Gasteiger partial charge in [-0.3, -0.25) is 9.78 Å². The number of nitrogen functional groups attached to an aromatic ring is 1. The number of benzene rings is 2. The van der Waals surface area contributed by atoms with E-state index >= 15 is 0 Å². The summed E-state index contributed by atoms with van der Waals surface area (Å²) >= 11 is 0. The molecule has 0 bridgehead atoms. The minimum Gasteiger partial charge on any atom is -0.396 e. The molecule has 0 unspecified atom stereocenters. The van der Waals surface area contributed by atoms with Gasteiger partial charge in [0.25, 0.3) is 5.91 Å². The zero-order valence-corrected chi connectivity index (χ0v) is 15.8. The summed E-state index contributed by atoms with van der Waals surface area (Å²) in [5.74, 6) is -0.292. The molecule has 0 radical (unpaired) electrons. The molecule has 1 amide bonds. The van der Waals surface area contributed by atoms with E-state index < -0.39 is 9.84 Å². The molecule has 138 valence electrons. The van der Waals surface area contributed by atoms with E-state index in [9.17, 15) is 13.2 Å². The summed E-state index contributed by atoms with van der Waals surface area (Å²) in [6.45, 7) is 0. The van der Waals surface area contributed by atoms with Crippen LogP contribution in [0.3, 0.4) is 0 Å². The molecule has 3 aromatic rings. The molecule has 27 heavy (non-hydrogen) atoms. The normalized spacial score (nSPS) is 11.2. The van der Waals surface area contributed by atoms with Crippen LogP contribution in [0, 0.1) is 0 Å². The molecule has 0 atom stereocenters. The number of anilines is 2. The van der Waals surface area contributed by atoms with Crippen LogP contribution in [0.25, 0.3) is 11.1 Å². The third-order valence-electron chi connectivity index (χ3n) is 4.26.